The minimum atomic E-state index is -3.49. The fraction of sp³-hybridized carbons (Fsp3) is 0.500. The van der Waals surface area contributed by atoms with E-state index in [9.17, 15) is 13.2 Å². The second kappa shape index (κ2) is 6.91. The highest BCUT2D eigenvalue weighted by Crippen LogP contribution is 2.19. The molecule has 1 saturated heterocycles. The summed E-state index contributed by atoms with van der Waals surface area (Å²) >= 11 is 0. The van der Waals surface area contributed by atoms with Gasteiger partial charge in [-0.3, -0.25) is 4.18 Å². The average molecular weight is 313 g/mol. The molecule has 1 aliphatic rings. The van der Waals surface area contributed by atoms with Gasteiger partial charge in [0.15, 0.2) is 0 Å². The van der Waals surface area contributed by atoms with Gasteiger partial charge in [0.2, 0.25) is 0 Å². The lowest BCUT2D eigenvalue weighted by molar-refractivity contribution is 0.0830. The maximum Gasteiger partial charge on any atom is 0.410 e. The quantitative estimate of drug-likeness (QED) is 0.775. The molecule has 1 heterocycles. The molecule has 21 heavy (non-hydrogen) atoms. The fourth-order valence-corrected chi connectivity index (χ4v) is 2.66. The smallest absolute Gasteiger partial charge is 0.410 e. The van der Waals surface area contributed by atoms with Crippen LogP contribution in [-0.4, -0.2) is 44.9 Å². The van der Waals surface area contributed by atoms with Gasteiger partial charge in [-0.05, 0) is 18.4 Å². The lowest BCUT2D eigenvalue weighted by atomic mass is 10.2. The first-order valence-corrected chi connectivity index (χ1v) is 8.59. The zero-order valence-corrected chi connectivity index (χ0v) is 12.7. The summed E-state index contributed by atoms with van der Waals surface area (Å²) in [6.45, 7) is 0.751. The Morgan fingerprint density at radius 2 is 2.05 bits per heavy atom. The molecule has 1 amide bonds. The lowest BCUT2D eigenvalue weighted by Crippen LogP contribution is -2.39. The van der Waals surface area contributed by atoms with E-state index in [0.717, 1.165) is 24.7 Å². The van der Waals surface area contributed by atoms with Crippen molar-refractivity contribution in [1.82, 2.24) is 4.90 Å². The molecule has 0 unspecified atom stereocenters. The first-order valence-electron chi connectivity index (χ1n) is 6.77. The normalized spacial score (nSPS) is 18.7. The molecule has 1 aromatic carbocycles. The third kappa shape index (κ3) is 5.02. The number of nitrogens with zero attached hydrogens (tertiary/aromatic N) is 1. The van der Waals surface area contributed by atoms with Gasteiger partial charge in [-0.2, -0.15) is 8.42 Å². The summed E-state index contributed by atoms with van der Waals surface area (Å²) in [5.74, 6) is 0. The van der Waals surface area contributed by atoms with E-state index in [1.165, 1.54) is 4.90 Å². The topological polar surface area (TPSA) is 72.9 Å². The standard InChI is InChI=1S/C14H19NO5S/c1-21(17,18)20-11-13-8-5-9-15(13)14(16)19-10-12-6-3-2-4-7-12/h2-4,6-7,13H,5,8-11H2,1H3/t13-/m1/s1. The Balaban J connectivity index is 1.86. The Bertz CT molecular complexity index is 572. The van der Waals surface area contributed by atoms with Crippen molar-refractivity contribution >= 4 is 16.2 Å². The van der Waals surface area contributed by atoms with Gasteiger partial charge in [0.05, 0.1) is 18.9 Å². The van der Waals surface area contributed by atoms with Crippen molar-refractivity contribution in [2.75, 3.05) is 19.4 Å². The molecule has 0 N–H and O–H groups in total. The molecule has 0 saturated carbocycles. The van der Waals surface area contributed by atoms with Gasteiger partial charge in [0, 0.05) is 6.54 Å². The first-order chi connectivity index (χ1) is 9.96. The molecule has 1 fully saturated rings. The summed E-state index contributed by atoms with van der Waals surface area (Å²) in [6, 6.07) is 9.15. The van der Waals surface area contributed by atoms with Crippen molar-refractivity contribution in [2.24, 2.45) is 0 Å². The molecular weight excluding hydrogens is 294 g/mol. The molecule has 6 nitrogen and oxygen atoms in total. The van der Waals surface area contributed by atoms with Crippen molar-refractivity contribution < 1.29 is 22.1 Å². The van der Waals surface area contributed by atoms with Crippen molar-refractivity contribution in [1.29, 1.82) is 0 Å². The van der Waals surface area contributed by atoms with Crippen LogP contribution in [0.4, 0.5) is 4.79 Å². The number of ether oxygens (including phenoxy) is 1. The molecule has 0 spiro atoms. The van der Waals surface area contributed by atoms with Crippen LogP contribution in [0.5, 0.6) is 0 Å². The van der Waals surface area contributed by atoms with Crippen LogP contribution in [0.3, 0.4) is 0 Å². The van der Waals surface area contributed by atoms with E-state index < -0.39 is 16.2 Å². The maximum absolute atomic E-state index is 12.1. The Hall–Kier alpha value is -1.60. The van der Waals surface area contributed by atoms with Gasteiger partial charge < -0.3 is 9.64 Å². The first kappa shape index (κ1) is 15.8. The van der Waals surface area contributed by atoms with Gasteiger partial charge >= 0.3 is 6.09 Å². The zero-order valence-electron chi connectivity index (χ0n) is 11.9. The summed E-state index contributed by atoms with van der Waals surface area (Å²) in [5, 5.41) is 0. The Morgan fingerprint density at radius 1 is 1.33 bits per heavy atom. The molecule has 0 radical (unpaired) electrons. The number of hydrogen-bond donors (Lipinski definition) is 0. The van der Waals surface area contributed by atoms with E-state index in [4.69, 9.17) is 8.92 Å². The second-order valence-corrected chi connectivity index (χ2v) is 6.66. The molecule has 116 valence electrons. The number of hydrogen-bond acceptors (Lipinski definition) is 5. The number of benzene rings is 1. The minimum Gasteiger partial charge on any atom is -0.445 e. The average Bonchev–Trinajstić information content (AvgIpc) is 2.91. The van der Waals surface area contributed by atoms with Crippen molar-refractivity contribution in [2.45, 2.75) is 25.5 Å². The SMILES string of the molecule is CS(=O)(=O)OC[C@H]1CCCN1C(=O)OCc1ccccc1. The summed E-state index contributed by atoms with van der Waals surface area (Å²) < 4.78 is 32.1. The van der Waals surface area contributed by atoms with E-state index in [0.29, 0.717) is 6.54 Å². The molecule has 1 aromatic rings. The highest BCUT2D eigenvalue weighted by Gasteiger charge is 2.30. The van der Waals surface area contributed by atoms with Crippen LogP contribution in [-0.2, 0) is 25.6 Å². The summed E-state index contributed by atoms with van der Waals surface area (Å²) in [4.78, 5) is 13.6. The largest absolute Gasteiger partial charge is 0.445 e. The predicted molar refractivity (Wildman–Crippen MR) is 77.2 cm³/mol. The van der Waals surface area contributed by atoms with E-state index in [1.807, 2.05) is 30.3 Å². The number of carbonyl (C=O) groups excluding carboxylic acids is 1. The van der Waals surface area contributed by atoms with E-state index in [1.54, 1.807) is 0 Å². The predicted octanol–water partition coefficient (Wildman–Crippen LogP) is 1.76. The molecule has 2 rings (SSSR count). The Morgan fingerprint density at radius 3 is 2.71 bits per heavy atom. The van der Waals surface area contributed by atoms with Gasteiger partial charge in [-0.15, -0.1) is 0 Å². The number of carbonyl (C=O) groups is 1. The third-order valence-corrected chi connectivity index (χ3v) is 3.86. The van der Waals surface area contributed by atoms with Crippen molar-refractivity contribution in [3.63, 3.8) is 0 Å². The molecule has 0 aliphatic carbocycles. The third-order valence-electron chi connectivity index (χ3n) is 3.29. The Labute approximate surface area is 124 Å². The van der Waals surface area contributed by atoms with Crippen molar-refractivity contribution in [3.8, 4) is 0 Å². The molecule has 1 atom stereocenters. The maximum atomic E-state index is 12.1. The van der Waals surface area contributed by atoms with Crippen LogP contribution in [0.25, 0.3) is 0 Å². The van der Waals surface area contributed by atoms with Crippen LogP contribution >= 0.6 is 0 Å². The summed E-state index contributed by atoms with van der Waals surface area (Å²) in [6.07, 6.45) is 2.10. The van der Waals surface area contributed by atoms with Gasteiger partial charge in [-0.1, -0.05) is 30.3 Å². The van der Waals surface area contributed by atoms with Gasteiger partial charge in [-0.25, -0.2) is 4.79 Å². The second-order valence-electron chi connectivity index (χ2n) is 5.02. The Kier molecular flexibility index (Phi) is 5.19. The number of likely N-dealkylation sites (tertiary alicyclic amines) is 1. The van der Waals surface area contributed by atoms with Crippen LogP contribution in [0.1, 0.15) is 18.4 Å². The summed E-state index contributed by atoms with van der Waals surface area (Å²) in [5.41, 5.74) is 0.911. The van der Waals surface area contributed by atoms with E-state index in [-0.39, 0.29) is 19.3 Å². The van der Waals surface area contributed by atoms with Crippen LogP contribution < -0.4 is 0 Å². The molecular formula is C14H19NO5S. The van der Waals surface area contributed by atoms with Gasteiger partial charge in [0.1, 0.15) is 6.61 Å². The highest BCUT2D eigenvalue weighted by atomic mass is 32.2. The number of rotatable bonds is 5. The summed E-state index contributed by atoms with van der Waals surface area (Å²) in [7, 11) is -3.49. The van der Waals surface area contributed by atoms with E-state index in [2.05, 4.69) is 0 Å². The highest BCUT2D eigenvalue weighted by molar-refractivity contribution is 7.85. The van der Waals surface area contributed by atoms with Crippen LogP contribution in [0, 0.1) is 0 Å². The molecule has 0 bridgehead atoms. The van der Waals surface area contributed by atoms with Crippen LogP contribution in [0.2, 0.25) is 0 Å². The fourth-order valence-electron chi connectivity index (χ4n) is 2.25. The molecule has 1 aliphatic heterocycles. The minimum absolute atomic E-state index is 0.0146. The molecule has 0 aromatic heterocycles. The van der Waals surface area contributed by atoms with E-state index >= 15 is 0 Å². The van der Waals surface area contributed by atoms with Crippen LogP contribution in [0.15, 0.2) is 30.3 Å². The van der Waals surface area contributed by atoms with Gasteiger partial charge in [0.25, 0.3) is 10.1 Å². The monoisotopic (exact) mass is 313 g/mol. The van der Waals surface area contributed by atoms with Crippen molar-refractivity contribution in [3.05, 3.63) is 35.9 Å². The lowest BCUT2D eigenvalue weighted by Gasteiger charge is -2.23. The zero-order chi connectivity index (χ0) is 15.3. The number of amides is 1. The molecule has 7 heteroatoms.